The van der Waals surface area contributed by atoms with Gasteiger partial charge in [0.2, 0.25) is 0 Å². The number of aryl methyl sites for hydroxylation is 1. The van der Waals surface area contributed by atoms with E-state index in [1.165, 1.54) is 11.1 Å². The summed E-state index contributed by atoms with van der Waals surface area (Å²) in [6, 6.07) is 6.30. The first-order chi connectivity index (χ1) is 7.73. The maximum absolute atomic E-state index is 6.07. The van der Waals surface area contributed by atoms with E-state index in [4.69, 9.17) is 5.73 Å². The molecule has 0 saturated heterocycles. The van der Waals surface area contributed by atoms with E-state index in [0.717, 1.165) is 5.69 Å². The number of aliphatic imine (C=N–C) groups is 1. The number of nitrogens with two attached hydrogens (primary N) is 1. The fourth-order valence-electron chi connectivity index (χ4n) is 1.59. The molecule has 0 aromatic heterocycles. The van der Waals surface area contributed by atoms with Crippen molar-refractivity contribution < 1.29 is 0 Å². The van der Waals surface area contributed by atoms with Crippen molar-refractivity contribution >= 4 is 11.5 Å². The summed E-state index contributed by atoms with van der Waals surface area (Å²) in [5, 5.41) is 0. The van der Waals surface area contributed by atoms with Gasteiger partial charge in [-0.3, -0.25) is 0 Å². The van der Waals surface area contributed by atoms with Crippen molar-refractivity contribution in [2.45, 2.75) is 47.5 Å². The highest BCUT2D eigenvalue weighted by Gasteiger charge is 2.17. The summed E-state index contributed by atoms with van der Waals surface area (Å²) in [5.41, 5.74) is 9.47. The van der Waals surface area contributed by atoms with Gasteiger partial charge in [0.15, 0.2) is 0 Å². The predicted octanol–water partition coefficient (Wildman–Crippen LogP) is 4.15. The Bertz CT molecular complexity index is 423. The third kappa shape index (κ3) is 3.32. The van der Waals surface area contributed by atoms with Gasteiger partial charge in [0.1, 0.15) is 5.84 Å². The summed E-state index contributed by atoms with van der Waals surface area (Å²) in [6.45, 7) is 12.7. The fraction of sp³-hybridized carbons (Fsp3) is 0.533. The van der Waals surface area contributed by atoms with Gasteiger partial charge in [-0.15, -0.1) is 0 Å². The van der Waals surface area contributed by atoms with Gasteiger partial charge in [-0.25, -0.2) is 4.99 Å². The molecule has 0 bridgehead atoms. The van der Waals surface area contributed by atoms with Crippen molar-refractivity contribution in [2.24, 2.45) is 16.1 Å². The van der Waals surface area contributed by atoms with Crippen LogP contribution in [-0.4, -0.2) is 5.84 Å². The first kappa shape index (κ1) is 13.8. The summed E-state index contributed by atoms with van der Waals surface area (Å²) in [6.07, 6.45) is 0. The first-order valence-electron chi connectivity index (χ1n) is 6.17. The Morgan fingerprint density at radius 3 is 2.29 bits per heavy atom. The van der Waals surface area contributed by atoms with Gasteiger partial charge in [-0.1, -0.05) is 52.8 Å². The summed E-state index contributed by atoms with van der Waals surface area (Å²) < 4.78 is 0. The van der Waals surface area contributed by atoms with Crippen molar-refractivity contribution in [2.75, 3.05) is 0 Å². The Morgan fingerprint density at radius 1 is 1.24 bits per heavy atom. The van der Waals surface area contributed by atoms with Crippen LogP contribution in [0.5, 0.6) is 0 Å². The summed E-state index contributed by atoms with van der Waals surface area (Å²) in [7, 11) is 0. The average molecular weight is 232 g/mol. The molecule has 0 radical (unpaired) electrons. The van der Waals surface area contributed by atoms with Crippen molar-refractivity contribution in [1.29, 1.82) is 0 Å². The molecule has 0 heterocycles. The number of rotatable bonds is 2. The van der Waals surface area contributed by atoms with E-state index in [9.17, 15) is 0 Å². The number of amidine groups is 1. The van der Waals surface area contributed by atoms with Gasteiger partial charge in [0.25, 0.3) is 0 Å². The van der Waals surface area contributed by atoms with Crippen LogP contribution >= 0.6 is 0 Å². The van der Waals surface area contributed by atoms with E-state index in [2.05, 4.69) is 64.7 Å². The minimum Gasteiger partial charge on any atom is -0.387 e. The maximum atomic E-state index is 6.07. The number of benzene rings is 1. The lowest BCUT2D eigenvalue weighted by molar-refractivity contribution is 0.585. The number of para-hydroxylation sites is 1. The molecule has 2 nitrogen and oxygen atoms in total. The number of hydrogen-bond acceptors (Lipinski definition) is 1. The second kappa shape index (κ2) is 4.91. The second-order valence-electron chi connectivity index (χ2n) is 5.91. The molecule has 0 aliphatic carbocycles. The molecule has 0 saturated carbocycles. The lowest BCUT2D eigenvalue weighted by atomic mass is 9.94. The molecular weight excluding hydrogens is 208 g/mol. The molecule has 1 aromatic rings. The Labute approximate surface area is 105 Å². The van der Waals surface area contributed by atoms with Crippen LogP contribution in [0.2, 0.25) is 0 Å². The Balaban J connectivity index is 3.31. The van der Waals surface area contributed by atoms with Gasteiger partial charge in [-0.2, -0.15) is 0 Å². The third-order valence-corrected chi connectivity index (χ3v) is 2.89. The molecule has 0 unspecified atom stereocenters. The van der Waals surface area contributed by atoms with Crippen LogP contribution in [0.3, 0.4) is 0 Å². The topological polar surface area (TPSA) is 38.4 Å². The molecule has 17 heavy (non-hydrogen) atoms. The highest BCUT2D eigenvalue weighted by atomic mass is 14.9. The number of nitrogens with zero attached hydrogens (tertiary/aromatic N) is 1. The standard InChI is InChI=1S/C15H24N2/c1-10(2)12-9-7-8-11(3)13(12)17-14(16)15(4,5)6/h7-10H,1-6H3,(H2,16,17). The monoisotopic (exact) mass is 232 g/mol. The van der Waals surface area contributed by atoms with Gasteiger partial charge < -0.3 is 5.73 Å². The molecule has 1 aromatic carbocycles. The van der Waals surface area contributed by atoms with Gasteiger partial charge in [-0.05, 0) is 24.0 Å². The lowest BCUT2D eigenvalue weighted by Crippen LogP contribution is -2.28. The van der Waals surface area contributed by atoms with Crippen LogP contribution in [0.1, 0.15) is 51.7 Å². The quantitative estimate of drug-likeness (QED) is 0.603. The molecule has 0 atom stereocenters. The predicted molar refractivity (Wildman–Crippen MR) is 76.0 cm³/mol. The van der Waals surface area contributed by atoms with Crippen LogP contribution in [0.4, 0.5) is 5.69 Å². The lowest BCUT2D eigenvalue weighted by Gasteiger charge is -2.19. The first-order valence-corrected chi connectivity index (χ1v) is 6.17. The molecular formula is C15H24N2. The summed E-state index contributed by atoms with van der Waals surface area (Å²) >= 11 is 0. The summed E-state index contributed by atoms with van der Waals surface area (Å²) in [4.78, 5) is 4.65. The normalized spacial score (nSPS) is 13.2. The van der Waals surface area contributed by atoms with E-state index >= 15 is 0 Å². The third-order valence-electron chi connectivity index (χ3n) is 2.89. The molecule has 1 rings (SSSR count). The van der Waals surface area contributed by atoms with Gasteiger partial charge in [0.05, 0.1) is 5.69 Å². The van der Waals surface area contributed by atoms with E-state index < -0.39 is 0 Å². The van der Waals surface area contributed by atoms with Crippen LogP contribution in [0.15, 0.2) is 23.2 Å². The molecule has 0 fully saturated rings. The zero-order valence-electron chi connectivity index (χ0n) is 11.8. The molecule has 0 amide bonds. The second-order valence-corrected chi connectivity index (χ2v) is 5.91. The molecule has 2 heteroatoms. The molecule has 94 valence electrons. The molecule has 0 aliphatic heterocycles. The Kier molecular flexibility index (Phi) is 3.97. The maximum Gasteiger partial charge on any atom is 0.105 e. The zero-order valence-corrected chi connectivity index (χ0v) is 11.8. The van der Waals surface area contributed by atoms with E-state index in [1.54, 1.807) is 0 Å². The van der Waals surface area contributed by atoms with E-state index in [-0.39, 0.29) is 5.41 Å². The Hall–Kier alpha value is -1.31. The fourth-order valence-corrected chi connectivity index (χ4v) is 1.59. The molecule has 2 N–H and O–H groups in total. The van der Waals surface area contributed by atoms with Crippen LogP contribution < -0.4 is 5.73 Å². The minimum atomic E-state index is -0.0868. The van der Waals surface area contributed by atoms with Crippen LogP contribution in [-0.2, 0) is 0 Å². The minimum absolute atomic E-state index is 0.0868. The largest absolute Gasteiger partial charge is 0.387 e. The van der Waals surface area contributed by atoms with Crippen molar-refractivity contribution in [3.63, 3.8) is 0 Å². The van der Waals surface area contributed by atoms with Crippen molar-refractivity contribution in [3.05, 3.63) is 29.3 Å². The zero-order chi connectivity index (χ0) is 13.2. The van der Waals surface area contributed by atoms with Crippen LogP contribution in [0.25, 0.3) is 0 Å². The van der Waals surface area contributed by atoms with Crippen molar-refractivity contribution in [1.82, 2.24) is 0 Å². The number of hydrogen-bond donors (Lipinski definition) is 1. The molecule has 0 spiro atoms. The molecule has 0 aliphatic rings. The Morgan fingerprint density at radius 2 is 1.82 bits per heavy atom. The van der Waals surface area contributed by atoms with E-state index in [0.29, 0.717) is 11.8 Å². The highest BCUT2D eigenvalue weighted by molar-refractivity contribution is 5.88. The smallest absolute Gasteiger partial charge is 0.105 e. The van der Waals surface area contributed by atoms with E-state index in [1.807, 2.05) is 0 Å². The highest BCUT2D eigenvalue weighted by Crippen LogP contribution is 2.31. The summed E-state index contributed by atoms with van der Waals surface area (Å²) in [5.74, 6) is 1.15. The van der Waals surface area contributed by atoms with Gasteiger partial charge >= 0.3 is 0 Å². The van der Waals surface area contributed by atoms with Crippen molar-refractivity contribution in [3.8, 4) is 0 Å². The van der Waals surface area contributed by atoms with Gasteiger partial charge in [0, 0.05) is 5.41 Å². The average Bonchev–Trinajstić information content (AvgIpc) is 2.18. The van der Waals surface area contributed by atoms with Crippen LogP contribution in [0, 0.1) is 12.3 Å². The SMILES string of the molecule is Cc1cccc(C(C)C)c1N=C(N)C(C)(C)C.